The lowest BCUT2D eigenvalue weighted by Gasteiger charge is -2.10. The molecule has 3 rings (SSSR count). The summed E-state index contributed by atoms with van der Waals surface area (Å²) in [5.41, 5.74) is 4.44. The van der Waals surface area contributed by atoms with Crippen molar-refractivity contribution in [3.8, 4) is 0 Å². The smallest absolute Gasteiger partial charge is 0.269 e. The molecule has 0 aliphatic carbocycles. The molecule has 3 aromatic rings. The predicted octanol–water partition coefficient (Wildman–Crippen LogP) is 5.22. The van der Waals surface area contributed by atoms with Crippen molar-refractivity contribution in [2.24, 2.45) is 5.18 Å². The van der Waals surface area contributed by atoms with Gasteiger partial charge in [-0.15, -0.1) is 4.91 Å². The van der Waals surface area contributed by atoms with E-state index >= 15 is 0 Å². The number of hydrogen-bond donors (Lipinski definition) is 2. The Labute approximate surface area is 156 Å². The molecule has 0 amide bonds. The Bertz CT molecular complexity index is 925. The average molecular weight is 362 g/mol. The molecule has 0 unspecified atom stereocenters. The Morgan fingerprint density at radius 2 is 1.33 bits per heavy atom. The molecule has 0 saturated heterocycles. The van der Waals surface area contributed by atoms with E-state index in [2.05, 4.69) is 21.9 Å². The quantitative estimate of drug-likeness (QED) is 0.325. The van der Waals surface area contributed by atoms with Gasteiger partial charge in [0.05, 0.1) is 4.92 Å². The Hall–Kier alpha value is -3.74. The largest absolute Gasteiger partial charge is 0.381 e. The van der Waals surface area contributed by atoms with Crippen LogP contribution in [0.15, 0.2) is 78.0 Å². The fraction of sp³-hybridized carbons (Fsp3) is 0.100. The maximum Gasteiger partial charge on any atom is 0.269 e. The van der Waals surface area contributed by atoms with Crippen LogP contribution in [0.4, 0.5) is 22.7 Å². The molecule has 0 atom stereocenters. The molecule has 0 aliphatic rings. The summed E-state index contributed by atoms with van der Waals surface area (Å²) in [6, 6.07) is 21.4. The van der Waals surface area contributed by atoms with Gasteiger partial charge in [0.15, 0.2) is 0 Å². The monoisotopic (exact) mass is 362 g/mol. The van der Waals surface area contributed by atoms with E-state index in [1.165, 1.54) is 12.1 Å². The molecule has 7 heteroatoms. The van der Waals surface area contributed by atoms with E-state index in [4.69, 9.17) is 0 Å². The number of benzene rings is 3. The Balaban J connectivity index is 1.56. The normalized spacial score (nSPS) is 10.2. The van der Waals surface area contributed by atoms with Crippen LogP contribution in [0.2, 0.25) is 0 Å². The molecule has 0 radical (unpaired) electrons. The summed E-state index contributed by atoms with van der Waals surface area (Å²) < 4.78 is 0. The van der Waals surface area contributed by atoms with Crippen molar-refractivity contribution in [3.63, 3.8) is 0 Å². The zero-order chi connectivity index (χ0) is 19.1. The molecule has 0 aromatic heterocycles. The first-order chi connectivity index (χ1) is 13.1. The van der Waals surface area contributed by atoms with Crippen LogP contribution in [0.5, 0.6) is 0 Å². The Morgan fingerprint density at radius 3 is 1.81 bits per heavy atom. The van der Waals surface area contributed by atoms with E-state index in [-0.39, 0.29) is 5.69 Å². The third kappa shape index (κ3) is 5.12. The lowest BCUT2D eigenvalue weighted by Crippen LogP contribution is -2.02. The summed E-state index contributed by atoms with van der Waals surface area (Å²) in [7, 11) is 0. The molecule has 0 heterocycles. The highest BCUT2D eigenvalue weighted by molar-refractivity contribution is 5.51. The lowest BCUT2D eigenvalue weighted by molar-refractivity contribution is -0.384. The molecular weight excluding hydrogens is 344 g/mol. The number of anilines is 2. The van der Waals surface area contributed by atoms with E-state index in [0.29, 0.717) is 18.8 Å². The van der Waals surface area contributed by atoms with Crippen LogP contribution < -0.4 is 10.6 Å². The van der Waals surface area contributed by atoms with Gasteiger partial charge >= 0.3 is 0 Å². The van der Waals surface area contributed by atoms with E-state index < -0.39 is 4.92 Å². The first-order valence-corrected chi connectivity index (χ1v) is 8.37. The summed E-state index contributed by atoms with van der Waals surface area (Å²) in [4.78, 5) is 20.7. The van der Waals surface area contributed by atoms with Gasteiger partial charge in [0, 0.05) is 36.6 Å². The number of hydrogen-bond acceptors (Lipinski definition) is 6. The van der Waals surface area contributed by atoms with E-state index in [9.17, 15) is 15.0 Å². The van der Waals surface area contributed by atoms with E-state index in [1.54, 1.807) is 24.3 Å². The van der Waals surface area contributed by atoms with Gasteiger partial charge in [-0.1, -0.05) is 24.3 Å². The second-order valence-electron chi connectivity index (χ2n) is 5.97. The number of nitrogens with zero attached hydrogens (tertiary/aromatic N) is 2. The molecule has 7 nitrogen and oxygen atoms in total. The number of non-ortho nitro benzene ring substituents is 1. The number of nitrogens with one attached hydrogen (secondary N) is 2. The van der Waals surface area contributed by atoms with Crippen molar-refractivity contribution in [3.05, 3.63) is 98.9 Å². The Kier molecular flexibility index (Phi) is 5.73. The molecular formula is C20H18N4O3. The summed E-state index contributed by atoms with van der Waals surface area (Å²) >= 11 is 0. The highest BCUT2D eigenvalue weighted by atomic mass is 16.6. The van der Waals surface area contributed by atoms with Crippen LogP contribution in [-0.4, -0.2) is 4.92 Å². The third-order valence-electron chi connectivity index (χ3n) is 4.04. The van der Waals surface area contributed by atoms with E-state index in [1.807, 2.05) is 30.3 Å². The predicted molar refractivity (Wildman–Crippen MR) is 106 cm³/mol. The molecule has 0 bridgehead atoms. The summed E-state index contributed by atoms with van der Waals surface area (Å²) in [6.45, 7) is 1.27. The van der Waals surface area contributed by atoms with Gasteiger partial charge in [-0.05, 0) is 52.7 Å². The van der Waals surface area contributed by atoms with Crippen LogP contribution >= 0.6 is 0 Å². The van der Waals surface area contributed by atoms with Gasteiger partial charge in [-0.2, -0.15) is 0 Å². The lowest BCUT2D eigenvalue weighted by atomic mass is 10.1. The van der Waals surface area contributed by atoms with Gasteiger partial charge in [0.25, 0.3) is 5.69 Å². The molecule has 27 heavy (non-hydrogen) atoms. The molecule has 2 N–H and O–H groups in total. The summed E-state index contributed by atoms with van der Waals surface area (Å²) in [6.07, 6.45) is 0. The number of nitro groups is 1. The fourth-order valence-corrected chi connectivity index (χ4v) is 2.60. The fourth-order valence-electron chi connectivity index (χ4n) is 2.60. The maximum absolute atomic E-state index is 10.7. The van der Waals surface area contributed by atoms with Crippen molar-refractivity contribution < 1.29 is 4.92 Å². The van der Waals surface area contributed by atoms with Crippen LogP contribution in [0, 0.1) is 15.0 Å². The van der Waals surface area contributed by atoms with Crippen molar-refractivity contribution in [1.82, 2.24) is 0 Å². The zero-order valence-electron chi connectivity index (χ0n) is 14.5. The summed E-state index contributed by atoms with van der Waals surface area (Å²) in [5, 5.41) is 20.1. The number of rotatable bonds is 8. The SMILES string of the molecule is O=Nc1ccc(NCc2cccc(CNc3ccc([N+](=O)[O-])cc3)c2)cc1. The minimum absolute atomic E-state index is 0.0746. The van der Waals surface area contributed by atoms with Crippen LogP contribution in [0.1, 0.15) is 11.1 Å². The van der Waals surface area contributed by atoms with Crippen LogP contribution in [-0.2, 0) is 13.1 Å². The molecule has 0 aliphatic heterocycles. The zero-order valence-corrected chi connectivity index (χ0v) is 14.5. The van der Waals surface area contributed by atoms with Crippen molar-refractivity contribution in [2.75, 3.05) is 10.6 Å². The van der Waals surface area contributed by atoms with Gasteiger partial charge in [0.2, 0.25) is 0 Å². The molecule has 136 valence electrons. The van der Waals surface area contributed by atoms with Gasteiger partial charge in [-0.3, -0.25) is 10.1 Å². The van der Waals surface area contributed by atoms with Crippen molar-refractivity contribution in [2.45, 2.75) is 13.1 Å². The van der Waals surface area contributed by atoms with Crippen LogP contribution in [0.3, 0.4) is 0 Å². The highest BCUT2D eigenvalue weighted by Crippen LogP contribution is 2.18. The van der Waals surface area contributed by atoms with Gasteiger partial charge in [-0.25, -0.2) is 0 Å². The van der Waals surface area contributed by atoms with E-state index in [0.717, 1.165) is 22.5 Å². The molecule has 0 fully saturated rings. The Morgan fingerprint density at radius 1 is 0.815 bits per heavy atom. The second-order valence-corrected chi connectivity index (χ2v) is 5.97. The minimum atomic E-state index is -0.413. The first-order valence-electron chi connectivity index (χ1n) is 8.37. The minimum Gasteiger partial charge on any atom is -0.381 e. The topological polar surface area (TPSA) is 96.6 Å². The highest BCUT2D eigenvalue weighted by Gasteiger charge is 2.04. The third-order valence-corrected chi connectivity index (χ3v) is 4.04. The standard InChI is InChI=1S/C20H18N4O3/c25-23-19-6-4-17(5-7-19)21-13-15-2-1-3-16(12-15)14-22-18-8-10-20(11-9-18)24(26)27/h1-12,21-22H,13-14H2. The second kappa shape index (κ2) is 8.57. The van der Waals surface area contributed by atoms with Crippen molar-refractivity contribution >= 4 is 22.7 Å². The maximum atomic E-state index is 10.7. The number of nitro benzene ring substituents is 1. The van der Waals surface area contributed by atoms with Gasteiger partial charge in [0.1, 0.15) is 5.69 Å². The molecule has 0 spiro atoms. The average Bonchev–Trinajstić information content (AvgIpc) is 2.72. The first kappa shape index (κ1) is 18.1. The molecule has 0 saturated carbocycles. The van der Waals surface area contributed by atoms with Gasteiger partial charge < -0.3 is 10.6 Å². The number of nitroso groups, excluding NO2 is 1. The van der Waals surface area contributed by atoms with Crippen LogP contribution in [0.25, 0.3) is 0 Å². The molecule has 3 aromatic carbocycles. The van der Waals surface area contributed by atoms with Crippen molar-refractivity contribution in [1.29, 1.82) is 0 Å². The summed E-state index contributed by atoms with van der Waals surface area (Å²) in [5.74, 6) is 0.